The predicted octanol–water partition coefficient (Wildman–Crippen LogP) is 3.66. The van der Waals surface area contributed by atoms with Crippen LogP contribution in [0.5, 0.6) is 11.5 Å². The van der Waals surface area contributed by atoms with Gasteiger partial charge in [-0.25, -0.2) is 19.2 Å². The highest BCUT2D eigenvalue weighted by Gasteiger charge is 2.16. The van der Waals surface area contributed by atoms with E-state index in [1.165, 1.54) is 31.2 Å². The molecule has 0 fully saturated rings. The molecule has 1 aromatic heterocycles. The van der Waals surface area contributed by atoms with Gasteiger partial charge >= 0.3 is 11.9 Å². The second kappa shape index (κ2) is 8.34. The Hall–Kier alpha value is -4.01. The zero-order valence-corrected chi connectivity index (χ0v) is 15.2. The first kappa shape index (κ1) is 19.7. The molecule has 1 atom stereocenters. The number of halogens is 1. The lowest BCUT2D eigenvalue weighted by Gasteiger charge is -2.12. The van der Waals surface area contributed by atoms with E-state index in [-0.39, 0.29) is 23.2 Å². The number of nitrogens with zero attached hydrogens (tertiary/aromatic N) is 2. The molecule has 0 radical (unpaired) electrons. The Bertz CT molecular complexity index is 1040. The molecule has 9 heteroatoms. The largest absolute Gasteiger partial charge is 0.480 e. The number of aliphatic carboxylic acids is 1. The number of rotatable bonds is 7. The highest BCUT2D eigenvalue weighted by Crippen LogP contribution is 2.25. The number of anilines is 1. The lowest BCUT2D eigenvalue weighted by Crippen LogP contribution is -2.26. The van der Waals surface area contributed by atoms with E-state index >= 15 is 0 Å². The van der Waals surface area contributed by atoms with Crippen LogP contribution in [0.1, 0.15) is 17.4 Å². The van der Waals surface area contributed by atoms with Gasteiger partial charge in [-0.2, -0.15) is 0 Å². The van der Waals surface area contributed by atoms with Crippen molar-refractivity contribution in [3.63, 3.8) is 0 Å². The summed E-state index contributed by atoms with van der Waals surface area (Å²) in [6, 6.07) is 12.2. The van der Waals surface area contributed by atoms with Gasteiger partial charge < -0.3 is 20.3 Å². The van der Waals surface area contributed by atoms with Gasteiger partial charge in [0.25, 0.3) is 0 Å². The Morgan fingerprint density at radius 2 is 1.59 bits per heavy atom. The molecular formula is C20H16FN3O5. The summed E-state index contributed by atoms with van der Waals surface area (Å²) in [6.45, 7) is 1.41. The van der Waals surface area contributed by atoms with E-state index in [0.717, 1.165) is 6.07 Å². The van der Waals surface area contributed by atoms with Crippen LogP contribution in [0.25, 0.3) is 11.4 Å². The minimum Gasteiger partial charge on any atom is -0.480 e. The number of carboxylic acid groups (broad SMARTS) is 2. The van der Waals surface area contributed by atoms with Crippen LogP contribution < -0.4 is 10.1 Å². The van der Waals surface area contributed by atoms with E-state index in [4.69, 9.17) is 9.84 Å². The van der Waals surface area contributed by atoms with Crippen molar-refractivity contribution in [1.82, 2.24) is 9.97 Å². The molecule has 0 aliphatic rings. The molecule has 1 unspecified atom stereocenters. The number of nitrogens with one attached hydrogen (secondary N) is 1. The lowest BCUT2D eigenvalue weighted by atomic mass is 10.2. The first-order chi connectivity index (χ1) is 13.8. The number of hydrogen-bond acceptors (Lipinski definition) is 6. The summed E-state index contributed by atoms with van der Waals surface area (Å²) in [5.41, 5.74) is 0.229. The number of carbonyl (C=O) groups is 2. The summed E-state index contributed by atoms with van der Waals surface area (Å²) in [7, 11) is 0. The fourth-order valence-corrected chi connectivity index (χ4v) is 2.35. The van der Waals surface area contributed by atoms with E-state index in [9.17, 15) is 19.1 Å². The smallest absolute Gasteiger partial charge is 0.354 e. The van der Waals surface area contributed by atoms with Gasteiger partial charge in [0.1, 0.15) is 29.2 Å². The van der Waals surface area contributed by atoms with E-state index in [0.29, 0.717) is 17.1 Å². The van der Waals surface area contributed by atoms with Crippen molar-refractivity contribution in [2.75, 3.05) is 5.32 Å². The van der Waals surface area contributed by atoms with Crippen molar-refractivity contribution in [3.05, 3.63) is 66.1 Å². The van der Waals surface area contributed by atoms with E-state index in [2.05, 4.69) is 15.3 Å². The summed E-state index contributed by atoms with van der Waals surface area (Å²) >= 11 is 0. The van der Waals surface area contributed by atoms with Crippen LogP contribution in [0.15, 0.2) is 54.6 Å². The number of aromatic nitrogens is 2. The summed E-state index contributed by atoms with van der Waals surface area (Å²) in [4.78, 5) is 30.6. The zero-order valence-electron chi connectivity index (χ0n) is 15.2. The third kappa shape index (κ3) is 5.04. The average molecular weight is 397 g/mol. The summed E-state index contributed by atoms with van der Waals surface area (Å²) in [5, 5.41) is 20.9. The molecule has 3 aromatic rings. The Morgan fingerprint density at radius 3 is 2.14 bits per heavy atom. The van der Waals surface area contributed by atoms with Crippen molar-refractivity contribution in [2.24, 2.45) is 0 Å². The van der Waals surface area contributed by atoms with Crippen molar-refractivity contribution in [1.29, 1.82) is 0 Å². The van der Waals surface area contributed by atoms with Crippen LogP contribution >= 0.6 is 0 Å². The summed E-state index contributed by atoms with van der Waals surface area (Å²) < 4.78 is 18.6. The SMILES string of the molecule is CC(Nc1cc(C(=O)O)nc(-c2ccc(Oc3ccc(F)cc3)cc2)n1)C(=O)O. The van der Waals surface area contributed by atoms with Gasteiger partial charge in [-0.3, -0.25) is 4.79 Å². The third-order valence-corrected chi connectivity index (χ3v) is 3.84. The number of hydrogen-bond donors (Lipinski definition) is 3. The fourth-order valence-electron chi connectivity index (χ4n) is 2.35. The van der Waals surface area contributed by atoms with Crippen LogP contribution in [0, 0.1) is 5.82 Å². The van der Waals surface area contributed by atoms with Crippen molar-refractivity contribution >= 4 is 17.8 Å². The molecule has 0 spiro atoms. The second-order valence-corrected chi connectivity index (χ2v) is 6.05. The molecule has 29 heavy (non-hydrogen) atoms. The average Bonchev–Trinajstić information content (AvgIpc) is 2.70. The predicted molar refractivity (Wildman–Crippen MR) is 102 cm³/mol. The molecule has 148 valence electrons. The maximum atomic E-state index is 13.0. The summed E-state index contributed by atoms with van der Waals surface area (Å²) in [5.74, 6) is -1.62. The van der Waals surface area contributed by atoms with Crippen LogP contribution in [0.2, 0.25) is 0 Å². The highest BCUT2D eigenvalue weighted by molar-refractivity contribution is 5.87. The van der Waals surface area contributed by atoms with Gasteiger partial charge in [-0.15, -0.1) is 0 Å². The van der Waals surface area contributed by atoms with Crippen molar-refractivity contribution in [3.8, 4) is 22.9 Å². The molecule has 3 N–H and O–H groups in total. The summed E-state index contributed by atoms with van der Waals surface area (Å²) in [6.07, 6.45) is 0. The van der Waals surface area contributed by atoms with Crippen LogP contribution in [-0.2, 0) is 4.79 Å². The molecule has 2 aromatic carbocycles. The molecular weight excluding hydrogens is 381 g/mol. The van der Waals surface area contributed by atoms with Gasteiger partial charge in [0.15, 0.2) is 11.5 Å². The molecule has 8 nitrogen and oxygen atoms in total. The standard InChI is InChI=1S/C20H16FN3O5/c1-11(19(25)26)22-17-10-16(20(27)28)23-18(24-17)12-2-6-14(7-3-12)29-15-8-4-13(21)5-9-15/h2-11H,1H3,(H,25,26)(H,27,28)(H,22,23,24). The second-order valence-electron chi connectivity index (χ2n) is 6.05. The van der Waals surface area contributed by atoms with Gasteiger partial charge in [-0.05, 0) is 55.5 Å². The Labute approximate surface area is 164 Å². The Kier molecular flexibility index (Phi) is 5.68. The molecule has 1 heterocycles. The monoisotopic (exact) mass is 397 g/mol. The lowest BCUT2D eigenvalue weighted by molar-refractivity contribution is -0.137. The molecule has 0 aliphatic carbocycles. The molecule has 0 saturated carbocycles. The number of aromatic carboxylic acids is 1. The normalized spacial score (nSPS) is 11.5. The molecule has 0 bridgehead atoms. The van der Waals surface area contributed by atoms with E-state index in [1.54, 1.807) is 24.3 Å². The molecule has 0 amide bonds. The van der Waals surface area contributed by atoms with Gasteiger partial charge in [0, 0.05) is 11.6 Å². The van der Waals surface area contributed by atoms with E-state index < -0.39 is 18.0 Å². The van der Waals surface area contributed by atoms with Crippen LogP contribution in [0.3, 0.4) is 0 Å². The maximum Gasteiger partial charge on any atom is 0.354 e. The first-order valence-electron chi connectivity index (χ1n) is 8.47. The number of ether oxygens (including phenoxy) is 1. The molecule has 0 aliphatic heterocycles. The number of carboxylic acids is 2. The Balaban J connectivity index is 1.86. The molecule has 3 rings (SSSR count). The maximum absolute atomic E-state index is 13.0. The zero-order chi connectivity index (χ0) is 21.0. The first-order valence-corrected chi connectivity index (χ1v) is 8.47. The molecule has 0 saturated heterocycles. The van der Waals surface area contributed by atoms with Gasteiger partial charge in [0.2, 0.25) is 0 Å². The van der Waals surface area contributed by atoms with Crippen LogP contribution in [-0.4, -0.2) is 38.2 Å². The van der Waals surface area contributed by atoms with Gasteiger partial charge in [-0.1, -0.05) is 0 Å². The van der Waals surface area contributed by atoms with Gasteiger partial charge in [0.05, 0.1) is 0 Å². The van der Waals surface area contributed by atoms with E-state index in [1.807, 2.05) is 0 Å². The minimum atomic E-state index is -1.27. The topological polar surface area (TPSA) is 122 Å². The van der Waals surface area contributed by atoms with Crippen molar-refractivity contribution in [2.45, 2.75) is 13.0 Å². The third-order valence-electron chi connectivity index (χ3n) is 3.84. The van der Waals surface area contributed by atoms with Crippen molar-refractivity contribution < 1.29 is 28.9 Å². The minimum absolute atomic E-state index is 0.0777. The Morgan fingerprint density at radius 1 is 1.00 bits per heavy atom. The quantitative estimate of drug-likeness (QED) is 0.552. The number of benzene rings is 2. The van der Waals surface area contributed by atoms with Crippen LogP contribution in [0.4, 0.5) is 10.2 Å². The highest BCUT2D eigenvalue weighted by atomic mass is 19.1. The fraction of sp³-hybridized carbons (Fsp3) is 0.100.